The van der Waals surface area contributed by atoms with Crippen LogP contribution in [0.25, 0.3) is 0 Å². The Balaban J connectivity index is 1.54. The molecular weight excluding hydrogens is 454 g/mol. The van der Waals surface area contributed by atoms with E-state index in [9.17, 15) is 9.59 Å². The number of nitrogens with zero attached hydrogens (tertiary/aromatic N) is 3. The fourth-order valence-corrected chi connectivity index (χ4v) is 3.87. The molecule has 0 aliphatic carbocycles. The Morgan fingerprint density at radius 1 is 1.11 bits per heavy atom. The molecule has 8 heteroatoms. The van der Waals surface area contributed by atoms with Crippen molar-refractivity contribution in [3.63, 3.8) is 0 Å². The zero-order chi connectivity index (χ0) is 25.9. The number of amides is 1. The lowest BCUT2D eigenvalue weighted by Crippen LogP contribution is -2.46. The Hall–Kier alpha value is -3.96. The molecule has 0 spiro atoms. The lowest BCUT2D eigenvalue weighted by molar-refractivity contribution is -0.121. The number of carbonyl (C=O) groups is 2. The number of imidazole rings is 1. The molecule has 0 saturated carbocycles. The summed E-state index contributed by atoms with van der Waals surface area (Å²) in [6, 6.07) is 16.8. The second-order valence-electron chi connectivity index (χ2n) is 8.88. The summed E-state index contributed by atoms with van der Waals surface area (Å²) in [6.07, 6.45) is 4.62. The number of benzene rings is 2. The van der Waals surface area contributed by atoms with Gasteiger partial charge in [-0.3, -0.25) is 4.79 Å². The largest absolute Gasteiger partial charge is 0.465 e. The highest BCUT2D eigenvalue weighted by atomic mass is 16.5. The molecule has 8 nitrogen and oxygen atoms in total. The number of nitriles is 1. The minimum absolute atomic E-state index is 0.0215. The average Bonchev–Trinajstić information content (AvgIpc) is 3.33. The first-order valence-electron chi connectivity index (χ1n) is 12.1. The third-order valence-corrected chi connectivity index (χ3v) is 6.32. The minimum Gasteiger partial charge on any atom is -0.465 e. The van der Waals surface area contributed by atoms with Gasteiger partial charge in [0.15, 0.2) is 0 Å². The van der Waals surface area contributed by atoms with Gasteiger partial charge in [0.1, 0.15) is 0 Å². The van der Waals surface area contributed by atoms with Crippen molar-refractivity contribution in [1.29, 1.82) is 5.26 Å². The van der Waals surface area contributed by atoms with Gasteiger partial charge in [0, 0.05) is 37.6 Å². The molecule has 0 aliphatic heterocycles. The minimum atomic E-state index is -0.354. The number of carbonyl (C=O) groups excluding carboxylic acids is 2. The zero-order valence-corrected chi connectivity index (χ0v) is 21.0. The van der Waals surface area contributed by atoms with E-state index in [-0.39, 0.29) is 24.3 Å². The van der Waals surface area contributed by atoms with Crippen molar-refractivity contribution in [2.45, 2.75) is 45.8 Å². The Kier molecular flexibility index (Phi) is 9.78. The first kappa shape index (κ1) is 26.6. The van der Waals surface area contributed by atoms with Crippen LogP contribution >= 0.6 is 0 Å². The normalized spacial score (nSPS) is 12.4. The predicted octanol–water partition coefficient (Wildman–Crippen LogP) is 3.45. The van der Waals surface area contributed by atoms with Crippen molar-refractivity contribution in [3.8, 4) is 6.07 Å². The predicted molar refractivity (Wildman–Crippen MR) is 137 cm³/mol. The Labute approximate surface area is 212 Å². The molecule has 2 atom stereocenters. The third-order valence-electron chi connectivity index (χ3n) is 6.32. The standard InChI is InChI=1S/C28H33N5O3/c1-4-20(2)26(17-30-15-22-9-11-24(12-10-22)28(35)36-3)32-27(34)13-25-16-31-19-33(25)18-23-7-5-21(14-29)6-8-23/h5-12,16,19-20,26,30H,4,13,15,17-18H2,1-3H3,(H,32,34)/t20-,26+/m0/s1. The van der Waals surface area contributed by atoms with Crippen LogP contribution in [0.4, 0.5) is 0 Å². The van der Waals surface area contributed by atoms with Crippen molar-refractivity contribution in [2.24, 2.45) is 5.92 Å². The Morgan fingerprint density at radius 2 is 1.81 bits per heavy atom. The number of rotatable bonds is 12. The second-order valence-corrected chi connectivity index (χ2v) is 8.88. The molecule has 188 valence electrons. The molecule has 0 unspecified atom stereocenters. The van der Waals surface area contributed by atoms with Crippen LogP contribution in [0.2, 0.25) is 0 Å². The van der Waals surface area contributed by atoms with Crippen LogP contribution < -0.4 is 10.6 Å². The molecule has 1 heterocycles. The fourth-order valence-electron chi connectivity index (χ4n) is 3.87. The van der Waals surface area contributed by atoms with Crippen LogP contribution in [0.15, 0.2) is 61.1 Å². The summed E-state index contributed by atoms with van der Waals surface area (Å²) < 4.78 is 6.69. The molecule has 0 saturated heterocycles. The highest BCUT2D eigenvalue weighted by Gasteiger charge is 2.19. The highest BCUT2D eigenvalue weighted by molar-refractivity contribution is 5.89. The quantitative estimate of drug-likeness (QED) is 0.379. The van der Waals surface area contributed by atoms with Gasteiger partial charge in [-0.2, -0.15) is 5.26 Å². The van der Waals surface area contributed by atoms with Gasteiger partial charge in [-0.25, -0.2) is 9.78 Å². The summed E-state index contributed by atoms with van der Waals surface area (Å²) in [6.45, 7) is 6.08. The molecule has 1 amide bonds. The maximum atomic E-state index is 12.9. The van der Waals surface area contributed by atoms with Crippen LogP contribution in [0.3, 0.4) is 0 Å². The molecular formula is C28H33N5O3. The Bertz CT molecular complexity index is 1180. The van der Waals surface area contributed by atoms with E-state index in [1.807, 2.05) is 28.8 Å². The van der Waals surface area contributed by atoms with Gasteiger partial charge in [-0.1, -0.05) is 44.5 Å². The summed E-state index contributed by atoms with van der Waals surface area (Å²) in [4.78, 5) is 28.8. The first-order valence-corrected chi connectivity index (χ1v) is 12.1. The van der Waals surface area contributed by atoms with Gasteiger partial charge in [-0.15, -0.1) is 0 Å². The fraction of sp³-hybridized carbons (Fsp3) is 0.357. The molecule has 36 heavy (non-hydrogen) atoms. The molecule has 3 rings (SSSR count). The monoisotopic (exact) mass is 487 g/mol. The zero-order valence-electron chi connectivity index (χ0n) is 21.0. The molecule has 0 bridgehead atoms. The lowest BCUT2D eigenvalue weighted by atomic mass is 9.98. The number of aromatic nitrogens is 2. The number of methoxy groups -OCH3 is 1. The number of hydrogen-bond acceptors (Lipinski definition) is 6. The van der Waals surface area contributed by atoms with Crippen LogP contribution in [0, 0.1) is 17.2 Å². The average molecular weight is 488 g/mol. The first-order chi connectivity index (χ1) is 17.4. The van der Waals surface area contributed by atoms with Gasteiger partial charge >= 0.3 is 5.97 Å². The van der Waals surface area contributed by atoms with Gasteiger partial charge in [-0.05, 0) is 41.3 Å². The van der Waals surface area contributed by atoms with Crippen molar-refractivity contribution < 1.29 is 14.3 Å². The molecule has 0 aliphatic rings. The van der Waals surface area contributed by atoms with E-state index in [1.54, 1.807) is 36.8 Å². The molecule has 0 radical (unpaired) electrons. The van der Waals surface area contributed by atoms with E-state index < -0.39 is 0 Å². The smallest absolute Gasteiger partial charge is 0.337 e. The molecule has 0 fully saturated rings. The van der Waals surface area contributed by atoms with Gasteiger partial charge in [0.2, 0.25) is 5.91 Å². The number of hydrogen-bond donors (Lipinski definition) is 2. The summed E-state index contributed by atoms with van der Waals surface area (Å²) in [7, 11) is 1.37. The van der Waals surface area contributed by atoms with E-state index in [4.69, 9.17) is 10.00 Å². The molecule has 2 N–H and O–H groups in total. The number of ether oxygens (including phenoxy) is 1. The molecule has 2 aromatic carbocycles. The summed E-state index contributed by atoms with van der Waals surface area (Å²) >= 11 is 0. The summed E-state index contributed by atoms with van der Waals surface area (Å²) in [5.74, 6) is -0.106. The molecule has 1 aromatic heterocycles. The van der Waals surface area contributed by atoms with Crippen molar-refractivity contribution in [3.05, 3.63) is 89.0 Å². The number of nitrogens with one attached hydrogen (secondary N) is 2. The SMILES string of the molecule is CC[C@H](C)[C@@H](CNCc1ccc(C(=O)OC)cc1)NC(=O)Cc1cncn1Cc1ccc(C#N)cc1. The van der Waals surface area contributed by atoms with Gasteiger partial charge < -0.3 is 19.9 Å². The van der Waals surface area contributed by atoms with Crippen LogP contribution in [0.5, 0.6) is 0 Å². The molecule has 3 aromatic rings. The van der Waals surface area contributed by atoms with E-state index in [0.717, 1.165) is 23.2 Å². The van der Waals surface area contributed by atoms with Crippen molar-refractivity contribution in [1.82, 2.24) is 20.2 Å². The summed E-state index contributed by atoms with van der Waals surface area (Å²) in [5.41, 5.74) is 4.05. The van der Waals surface area contributed by atoms with Crippen molar-refractivity contribution >= 4 is 11.9 Å². The van der Waals surface area contributed by atoms with Crippen LogP contribution in [0.1, 0.15) is 53.0 Å². The van der Waals surface area contributed by atoms with Crippen LogP contribution in [-0.4, -0.2) is 41.1 Å². The van der Waals surface area contributed by atoms with E-state index >= 15 is 0 Å². The maximum Gasteiger partial charge on any atom is 0.337 e. The Morgan fingerprint density at radius 3 is 2.44 bits per heavy atom. The maximum absolute atomic E-state index is 12.9. The third kappa shape index (κ3) is 7.52. The number of esters is 1. The topological polar surface area (TPSA) is 109 Å². The van der Waals surface area contributed by atoms with Crippen LogP contribution in [-0.2, 0) is 29.0 Å². The van der Waals surface area contributed by atoms with Crippen molar-refractivity contribution in [2.75, 3.05) is 13.7 Å². The second kappa shape index (κ2) is 13.2. The van der Waals surface area contributed by atoms with Gasteiger partial charge in [0.25, 0.3) is 0 Å². The highest BCUT2D eigenvalue weighted by Crippen LogP contribution is 2.11. The summed E-state index contributed by atoms with van der Waals surface area (Å²) in [5, 5.41) is 15.6. The van der Waals surface area contributed by atoms with E-state index in [1.165, 1.54) is 7.11 Å². The van der Waals surface area contributed by atoms with Gasteiger partial charge in [0.05, 0.1) is 37.1 Å². The van der Waals surface area contributed by atoms with E-state index in [2.05, 4.69) is 35.5 Å². The van der Waals surface area contributed by atoms with E-state index in [0.29, 0.717) is 36.7 Å². The lowest BCUT2D eigenvalue weighted by Gasteiger charge is -2.25.